The van der Waals surface area contributed by atoms with E-state index in [0.717, 1.165) is 21.1 Å². The van der Waals surface area contributed by atoms with Crippen molar-refractivity contribution < 1.29 is 4.74 Å². The van der Waals surface area contributed by atoms with Crippen LogP contribution in [0.15, 0.2) is 16.6 Å². The molecule has 0 saturated carbocycles. The third kappa shape index (κ3) is 1.95. The van der Waals surface area contributed by atoms with Gasteiger partial charge < -0.3 is 4.74 Å². The van der Waals surface area contributed by atoms with Crippen LogP contribution in [0.3, 0.4) is 0 Å². The van der Waals surface area contributed by atoms with Gasteiger partial charge in [0.1, 0.15) is 5.75 Å². The first-order chi connectivity index (χ1) is 5.70. The van der Waals surface area contributed by atoms with Crippen LogP contribution in [0.25, 0.3) is 0 Å². The topological polar surface area (TPSA) is 9.23 Å². The first kappa shape index (κ1) is 10.4. The summed E-state index contributed by atoms with van der Waals surface area (Å²) in [5, 5.41) is 1.42. The van der Waals surface area contributed by atoms with Crippen molar-refractivity contribution in [2.24, 2.45) is 0 Å². The van der Waals surface area contributed by atoms with Crippen molar-refractivity contribution >= 4 is 43.5 Å². The standard InChI is InChI=1S/C8H7Br2ClO/c1-12-7-3-2-6(11)8(10)5(7)4-9/h2-3H,4H2,1H3. The van der Waals surface area contributed by atoms with Crippen LogP contribution >= 0.6 is 43.5 Å². The third-order valence-corrected chi connectivity index (χ3v) is 3.52. The second-order valence-corrected chi connectivity index (χ2v) is 3.94. The molecule has 1 aromatic rings. The zero-order valence-electron chi connectivity index (χ0n) is 6.40. The van der Waals surface area contributed by atoms with Crippen LogP contribution in [0.5, 0.6) is 5.75 Å². The predicted molar refractivity (Wildman–Crippen MR) is 58.3 cm³/mol. The Labute approximate surface area is 93.3 Å². The number of benzene rings is 1. The highest BCUT2D eigenvalue weighted by Gasteiger charge is 2.08. The Balaban J connectivity index is 3.25. The molecule has 1 aromatic carbocycles. The second kappa shape index (κ2) is 4.49. The minimum absolute atomic E-state index is 0.699. The fraction of sp³-hybridized carbons (Fsp3) is 0.250. The van der Waals surface area contributed by atoms with E-state index in [2.05, 4.69) is 31.9 Å². The fourth-order valence-electron chi connectivity index (χ4n) is 0.891. The maximum Gasteiger partial charge on any atom is 0.124 e. The van der Waals surface area contributed by atoms with Gasteiger partial charge in [-0.1, -0.05) is 27.5 Å². The van der Waals surface area contributed by atoms with Crippen molar-refractivity contribution in [3.05, 3.63) is 27.2 Å². The van der Waals surface area contributed by atoms with Crippen LogP contribution in [-0.4, -0.2) is 7.11 Å². The van der Waals surface area contributed by atoms with E-state index < -0.39 is 0 Å². The Bertz CT molecular complexity index is 289. The van der Waals surface area contributed by atoms with E-state index in [1.807, 2.05) is 6.07 Å². The summed E-state index contributed by atoms with van der Waals surface area (Å²) in [7, 11) is 1.64. The van der Waals surface area contributed by atoms with Crippen LogP contribution < -0.4 is 4.74 Å². The Hall–Kier alpha value is 0.270. The molecule has 1 rings (SSSR count). The molecule has 0 aromatic heterocycles. The van der Waals surface area contributed by atoms with Crippen molar-refractivity contribution in [1.29, 1.82) is 0 Å². The summed E-state index contributed by atoms with van der Waals surface area (Å²) >= 11 is 12.7. The highest BCUT2D eigenvalue weighted by atomic mass is 79.9. The average Bonchev–Trinajstić information content (AvgIpc) is 2.09. The SMILES string of the molecule is COc1ccc(Cl)c(Br)c1CBr. The number of alkyl halides is 1. The number of hydrogen-bond acceptors (Lipinski definition) is 1. The van der Waals surface area contributed by atoms with Crippen molar-refractivity contribution in [2.45, 2.75) is 5.33 Å². The van der Waals surface area contributed by atoms with Gasteiger partial charge in [-0.25, -0.2) is 0 Å². The zero-order chi connectivity index (χ0) is 9.14. The van der Waals surface area contributed by atoms with Gasteiger partial charge in [0.15, 0.2) is 0 Å². The van der Waals surface area contributed by atoms with E-state index in [-0.39, 0.29) is 0 Å². The van der Waals surface area contributed by atoms with Gasteiger partial charge in [0, 0.05) is 15.4 Å². The van der Waals surface area contributed by atoms with Crippen LogP contribution in [0.1, 0.15) is 5.56 Å². The van der Waals surface area contributed by atoms with Crippen LogP contribution in [0, 0.1) is 0 Å². The quantitative estimate of drug-likeness (QED) is 0.750. The smallest absolute Gasteiger partial charge is 0.124 e. The maximum absolute atomic E-state index is 5.90. The van der Waals surface area contributed by atoms with E-state index >= 15 is 0 Å². The number of methoxy groups -OCH3 is 1. The van der Waals surface area contributed by atoms with Crippen molar-refractivity contribution in [3.63, 3.8) is 0 Å². The number of ether oxygens (including phenoxy) is 1. The lowest BCUT2D eigenvalue weighted by atomic mass is 10.2. The zero-order valence-corrected chi connectivity index (χ0v) is 10.3. The lowest BCUT2D eigenvalue weighted by Gasteiger charge is -2.08. The molecule has 12 heavy (non-hydrogen) atoms. The Kier molecular flexibility index (Phi) is 3.87. The average molecular weight is 314 g/mol. The van der Waals surface area contributed by atoms with Crippen LogP contribution in [0.2, 0.25) is 5.02 Å². The molecule has 0 aliphatic carbocycles. The monoisotopic (exact) mass is 312 g/mol. The summed E-state index contributed by atoms with van der Waals surface area (Å²) in [6.45, 7) is 0. The number of hydrogen-bond donors (Lipinski definition) is 0. The molecule has 0 atom stereocenters. The van der Waals surface area contributed by atoms with E-state index in [1.54, 1.807) is 13.2 Å². The summed E-state index contributed by atoms with van der Waals surface area (Å²) in [5.41, 5.74) is 1.03. The largest absolute Gasteiger partial charge is 0.496 e. The minimum Gasteiger partial charge on any atom is -0.496 e. The van der Waals surface area contributed by atoms with Crippen LogP contribution in [0.4, 0.5) is 0 Å². The van der Waals surface area contributed by atoms with E-state index in [4.69, 9.17) is 16.3 Å². The van der Waals surface area contributed by atoms with Gasteiger partial charge in [-0.05, 0) is 28.1 Å². The van der Waals surface area contributed by atoms with Gasteiger partial charge in [0.25, 0.3) is 0 Å². The fourth-order valence-corrected chi connectivity index (χ4v) is 2.47. The first-order valence-electron chi connectivity index (χ1n) is 3.27. The normalized spacial score (nSPS) is 10.0. The number of rotatable bonds is 2. The number of halogens is 3. The third-order valence-electron chi connectivity index (χ3n) is 1.51. The summed E-state index contributed by atoms with van der Waals surface area (Å²) in [6.07, 6.45) is 0. The van der Waals surface area contributed by atoms with Gasteiger partial charge in [-0.3, -0.25) is 0 Å². The van der Waals surface area contributed by atoms with Gasteiger partial charge >= 0.3 is 0 Å². The molecule has 0 spiro atoms. The summed E-state index contributed by atoms with van der Waals surface area (Å²) in [6, 6.07) is 3.65. The first-order valence-corrected chi connectivity index (χ1v) is 5.56. The van der Waals surface area contributed by atoms with E-state index in [9.17, 15) is 0 Å². The van der Waals surface area contributed by atoms with E-state index in [1.165, 1.54) is 0 Å². The maximum atomic E-state index is 5.90. The molecule has 0 radical (unpaired) electrons. The molecule has 0 saturated heterocycles. The molecule has 66 valence electrons. The predicted octanol–water partition coefficient (Wildman–Crippen LogP) is 4.01. The molecule has 0 fully saturated rings. The molecule has 1 nitrogen and oxygen atoms in total. The second-order valence-electron chi connectivity index (χ2n) is 2.18. The molecule has 0 unspecified atom stereocenters. The summed E-state index contributed by atoms with van der Waals surface area (Å²) in [5.74, 6) is 0.836. The molecule has 4 heteroatoms. The lowest BCUT2D eigenvalue weighted by Crippen LogP contribution is -1.90. The molecule has 0 N–H and O–H groups in total. The van der Waals surface area contributed by atoms with E-state index in [0.29, 0.717) is 5.02 Å². The molecule has 0 amide bonds. The van der Waals surface area contributed by atoms with Crippen molar-refractivity contribution in [3.8, 4) is 5.75 Å². The Morgan fingerprint density at radius 1 is 1.50 bits per heavy atom. The highest BCUT2D eigenvalue weighted by molar-refractivity contribution is 9.10. The molecule has 0 bridgehead atoms. The van der Waals surface area contributed by atoms with Gasteiger partial charge in [0.2, 0.25) is 0 Å². The molecular weight excluding hydrogens is 307 g/mol. The summed E-state index contributed by atoms with van der Waals surface area (Å²) in [4.78, 5) is 0. The molecule has 0 heterocycles. The Morgan fingerprint density at radius 3 is 2.67 bits per heavy atom. The van der Waals surface area contributed by atoms with Crippen molar-refractivity contribution in [2.75, 3.05) is 7.11 Å². The summed E-state index contributed by atoms with van der Waals surface area (Å²) < 4.78 is 6.04. The van der Waals surface area contributed by atoms with Crippen molar-refractivity contribution in [1.82, 2.24) is 0 Å². The Morgan fingerprint density at radius 2 is 2.17 bits per heavy atom. The highest BCUT2D eigenvalue weighted by Crippen LogP contribution is 2.34. The van der Waals surface area contributed by atoms with Gasteiger partial charge in [0.05, 0.1) is 12.1 Å². The lowest BCUT2D eigenvalue weighted by molar-refractivity contribution is 0.411. The van der Waals surface area contributed by atoms with Gasteiger partial charge in [-0.15, -0.1) is 0 Å². The molecule has 0 aliphatic rings. The molecular formula is C8H7Br2ClO. The van der Waals surface area contributed by atoms with Crippen LogP contribution in [-0.2, 0) is 5.33 Å². The molecule has 0 aliphatic heterocycles. The minimum atomic E-state index is 0.699. The van der Waals surface area contributed by atoms with Gasteiger partial charge in [-0.2, -0.15) is 0 Å².